The smallest absolute Gasteiger partial charge is 0.164 e. The lowest BCUT2D eigenvalue weighted by Crippen LogP contribution is -2.54. The molecule has 2 nitrogen and oxygen atoms in total. The van der Waals surface area contributed by atoms with Gasteiger partial charge < -0.3 is 4.74 Å². The van der Waals surface area contributed by atoms with Gasteiger partial charge >= 0.3 is 0 Å². The zero-order chi connectivity index (χ0) is 12.1. The Morgan fingerprint density at radius 2 is 1.88 bits per heavy atom. The maximum absolute atomic E-state index is 12.5. The van der Waals surface area contributed by atoms with Crippen LogP contribution in [0.15, 0.2) is 0 Å². The maximum Gasteiger partial charge on any atom is 0.164 e. The topological polar surface area (TPSA) is 26.3 Å². The van der Waals surface area contributed by atoms with Crippen LogP contribution in [0.5, 0.6) is 0 Å². The van der Waals surface area contributed by atoms with E-state index in [1.165, 1.54) is 19.3 Å². The van der Waals surface area contributed by atoms with Crippen molar-refractivity contribution in [1.29, 1.82) is 0 Å². The first-order valence-electron chi connectivity index (χ1n) is 7.16. The average molecular weight is 236 g/mol. The van der Waals surface area contributed by atoms with Gasteiger partial charge in [0.25, 0.3) is 0 Å². The summed E-state index contributed by atoms with van der Waals surface area (Å²) < 4.78 is 5.37. The van der Waals surface area contributed by atoms with Gasteiger partial charge in [0, 0.05) is 12.0 Å². The van der Waals surface area contributed by atoms with Crippen molar-refractivity contribution in [2.24, 2.45) is 22.7 Å². The quantitative estimate of drug-likeness (QED) is 0.749. The average Bonchev–Trinajstić information content (AvgIpc) is 2.22. The molecule has 4 saturated carbocycles. The van der Waals surface area contributed by atoms with E-state index in [0.717, 1.165) is 31.1 Å². The van der Waals surface area contributed by atoms with Gasteiger partial charge in [-0.15, -0.1) is 0 Å². The molecule has 0 aliphatic heterocycles. The summed E-state index contributed by atoms with van der Waals surface area (Å²) in [6, 6.07) is 0. The summed E-state index contributed by atoms with van der Waals surface area (Å²) in [5.74, 6) is 2.05. The molecule has 0 saturated heterocycles. The molecule has 2 unspecified atom stereocenters. The van der Waals surface area contributed by atoms with Gasteiger partial charge in [-0.05, 0) is 62.7 Å². The lowest BCUT2D eigenvalue weighted by Gasteiger charge is -2.60. The Morgan fingerprint density at radius 1 is 1.24 bits per heavy atom. The Morgan fingerprint density at radius 3 is 2.41 bits per heavy atom. The van der Waals surface area contributed by atoms with Crippen LogP contribution in [0.25, 0.3) is 0 Å². The largest absolute Gasteiger partial charge is 0.374 e. The first-order chi connectivity index (χ1) is 8.05. The molecule has 2 atom stereocenters. The minimum absolute atomic E-state index is 0.00794. The Balaban J connectivity index is 1.81. The van der Waals surface area contributed by atoms with Gasteiger partial charge in [-0.25, -0.2) is 0 Å². The summed E-state index contributed by atoms with van der Waals surface area (Å²) in [5, 5.41) is 0. The van der Waals surface area contributed by atoms with Crippen molar-refractivity contribution in [3.63, 3.8) is 0 Å². The highest BCUT2D eigenvalue weighted by Crippen LogP contribution is 2.65. The molecule has 4 rings (SSSR count). The number of hydrogen-bond donors (Lipinski definition) is 0. The van der Waals surface area contributed by atoms with Crippen LogP contribution >= 0.6 is 0 Å². The van der Waals surface area contributed by atoms with Crippen molar-refractivity contribution < 1.29 is 9.53 Å². The van der Waals surface area contributed by atoms with E-state index >= 15 is 0 Å². The Labute approximate surface area is 104 Å². The SMILES string of the molecule is CCOCC(=O)C12CC3CC(CC(C)(C3)C1)C2. The maximum atomic E-state index is 12.5. The summed E-state index contributed by atoms with van der Waals surface area (Å²) in [4.78, 5) is 12.5. The van der Waals surface area contributed by atoms with Crippen molar-refractivity contribution in [3.05, 3.63) is 0 Å². The summed E-state index contributed by atoms with van der Waals surface area (Å²) in [7, 11) is 0. The second-order valence-corrected chi connectivity index (χ2v) is 7.11. The van der Waals surface area contributed by atoms with Crippen LogP contribution < -0.4 is 0 Å². The van der Waals surface area contributed by atoms with Crippen LogP contribution in [0.1, 0.15) is 52.4 Å². The minimum atomic E-state index is 0.00794. The molecule has 0 aromatic carbocycles. The molecule has 0 aromatic heterocycles. The number of hydrogen-bond acceptors (Lipinski definition) is 2. The fourth-order valence-electron chi connectivity index (χ4n) is 5.39. The highest BCUT2D eigenvalue weighted by atomic mass is 16.5. The normalized spacial score (nSPS) is 47.4. The molecule has 0 spiro atoms. The monoisotopic (exact) mass is 236 g/mol. The Kier molecular flexibility index (Phi) is 2.62. The van der Waals surface area contributed by atoms with Crippen LogP contribution in [0.3, 0.4) is 0 Å². The highest BCUT2D eigenvalue weighted by molar-refractivity contribution is 5.86. The van der Waals surface area contributed by atoms with Gasteiger partial charge in [0.1, 0.15) is 6.61 Å². The van der Waals surface area contributed by atoms with Crippen molar-refractivity contribution in [2.45, 2.75) is 52.4 Å². The molecule has 0 heterocycles. The third-order valence-corrected chi connectivity index (χ3v) is 5.38. The molecule has 96 valence electrons. The summed E-state index contributed by atoms with van der Waals surface area (Å²) in [6.45, 7) is 5.39. The Bertz CT molecular complexity index is 320. The molecule has 4 aliphatic carbocycles. The van der Waals surface area contributed by atoms with Gasteiger partial charge in [-0.2, -0.15) is 0 Å². The lowest BCUT2D eigenvalue weighted by atomic mass is 9.44. The van der Waals surface area contributed by atoms with Crippen LogP contribution in [0.4, 0.5) is 0 Å². The summed E-state index contributed by atoms with van der Waals surface area (Å²) >= 11 is 0. The molecule has 2 heteroatoms. The van der Waals surface area contributed by atoms with Gasteiger partial charge in [-0.1, -0.05) is 6.92 Å². The molecule has 0 N–H and O–H groups in total. The summed E-state index contributed by atoms with van der Waals surface area (Å²) in [5.41, 5.74) is 0.472. The van der Waals surface area contributed by atoms with E-state index in [0.29, 0.717) is 24.4 Å². The van der Waals surface area contributed by atoms with Crippen molar-refractivity contribution in [3.8, 4) is 0 Å². The second kappa shape index (κ2) is 3.81. The number of rotatable bonds is 4. The van der Waals surface area contributed by atoms with E-state index in [4.69, 9.17) is 4.74 Å². The molecule has 4 bridgehead atoms. The fraction of sp³-hybridized carbons (Fsp3) is 0.933. The van der Waals surface area contributed by atoms with Crippen LogP contribution in [0, 0.1) is 22.7 Å². The van der Waals surface area contributed by atoms with Gasteiger partial charge in [-0.3, -0.25) is 4.79 Å². The summed E-state index contributed by atoms with van der Waals surface area (Å²) in [6.07, 6.45) is 7.58. The minimum Gasteiger partial charge on any atom is -0.374 e. The number of ketones is 1. The molecule has 4 aliphatic rings. The zero-order valence-corrected chi connectivity index (χ0v) is 11.1. The lowest BCUT2D eigenvalue weighted by molar-refractivity contribution is -0.157. The van der Waals surface area contributed by atoms with E-state index in [1.807, 2.05) is 6.92 Å². The van der Waals surface area contributed by atoms with E-state index < -0.39 is 0 Å². The highest BCUT2D eigenvalue weighted by Gasteiger charge is 2.58. The third kappa shape index (κ3) is 1.85. The first kappa shape index (κ1) is 11.7. The van der Waals surface area contributed by atoms with E-state index in [1.54, 1.807) is 0 Å². The predicted octanol–water partition coefficient (Wildman–Crippen LogP) is 3.20. The van der Waals surface area contributed by atoms with Gasteiger partial charge in [0.2, 0.25) is 0 Å². The zero-order valence-electron chi connectivity index (χ0n) is 11.1. The predicted molar refractivity (Wildman–Crippen MR) is 66.7 cm³/mol. The van der Waals surface area contributed by atoms with Crippen LogP contribution in [-0.4, -0.2) is 19.0 Å². The molecule has 17 heavy (non-hydrogen) atoms. The molecular weight excluding hydrogens is 212 g/mol. The van der Waals surface area contributed by atoms with Crippen LogP contribution in [0.2, 0.25) is 0 Å². The van der Waals surface area contributed by atoms with Crippen molar-refractivity contribution in [1.82, 2.24) is 0 Å². The molecule has 0 aromatic rings. The number of carbonyl (C=O) groups excluding carboxylic acids is 1. The number of ether oxygens (including phenoxy) is 1. The second-order valence-electron chi connectivity index (χ2n) is 7.11. The van der Waals surface area contributed by atoms with Crippen molar-refractivity contribution in [2.75, 3.05) is 13.2 Å². The molecule has 0 amide bonds. The van der Waals surface area contributed by atoms with E-state index in [9.17, 15) is 4.79 Å². The fourth-order valence-corrected chi connectivity index (χ4v) is 5.39. The van der Waals surface area contributed by atoms with E-state index in [-0.39, 0.29) is 5.41 Å². The van der Waals surface area contributed by atoms with Crippen LogP contribution in [-0.2, 0) is 9.53 Å². The Hall–Kier alpha value is -0.370. The standard InChI is InChI=1S/C15H24O2/c1-3-17-9-13(16)15-7-11-4-12(8-15)6-14(2,5-11)10-15/h11-12H,3-10H2,1-2H3. The van der Waals surface area contributed by atoms with E-state index in [2.05, 4.69) is 6.92 Å². The van der Waals surface area contributed by atoms with Crippen molar-refractivity contribution >= 4 is 5.78 Å². The molecule has 4 fully saturated rings. The number of Topliss-reactive ketones (excluding diaryl/α,β-unsaturated/α-hetero) is 1. The number of carbonyl (C=O) groups is 1. The molecular formula is C15H24O2. The van der Waals surface area contributed by atoms with Gasteiger partial charge in [0.15, 0.2) is 5.78 Å². The third-order valence-electron chi connectivity index (χ3n) is 5.38. The van der Waals surface area contributed by atoms with Gasteiger partial charge in [0.05, 0.1) is 0 Å². The first-order valence-corrected chi connectivity index (χ1v) is 7.16. The molecule has 0 radical (unpaired) electrons.